The van der Waals surface area contributed by atoms with E-state index in [9.17, 15) is 9.90 Å². The maximum Gasteiger partial charge on any atom is 0.178 e. The third-order valence-electron chi connectivity index (χ3n) is 5.64. The molecule has 0 radical (unpaired) electrons. The molecule has 1 fully saturated rings. The molecule has 1 atom stereocenters. The molecule has 0 saturated carbocycles. The Morgan fingerprint density at radius 2 is 2.00 bits per heavy atom. The van der Waals surface area contributed by atoms with Gasteiger partial charge in [0, 0.05) is 41.7 Å². The number of rotatable bonds is 7. The minimum atomic E-state index is 0.180. The molecular weight excluding hydrogens is 360 g/mol. The molecule has 0 amide bonds. The molecule has 0 aliphatic carbocycles. The first-order valence-electron chi connectivity index (χ1n) is 9.75. The zero-order chi connectivity index (χ0) is 19.4. The zero-order valence-corrected chi connectivity index (χ0v) is 17.0. The molecule has 1 aliphatic rings. The van der Waals surface area contributed by atoms with Crippen molar-refractivity contribution in [3.63, 3.8) is 0 Å². The summed E-state index contributed by atoms with van der Waals surface area (Å²) < 4.78 is 2.23. The Labute approximate surface area is 166 Å². The molecule has 2 heterocycles. The molecule has 0 bridgehead atoms. The van der Waals surface area contributed by atoms with Crippen molar-refractivity contribution in [1.82, 2.24) is 9.47 Å². The van der Waals surface area contributed by atoms with Crippen LogP contribution in [0.5, 0.6) is 0 Å². The van der Waals surface area contributed by atoms with Crippen molar-refractivity contribution in [3.05, 3.63) is 57.9 Å². The molecule has 4 nitrogen and oxygen atoms in total. The molecule has 1 aromatic heterocycles. The highest BCUT2D eigenvalue weighted by Gasteiger charge is 2.23. The smallest absolute Gasteiger partial charge is 0.178 e. The van der Waals surface area contributed by atoms with Crippen LogP contribution in [0.15, 0.2) is 30.3 Å². The second-order valence-corrected chi connectivity index (χ2v) is 8.10. The van der Waals surface area contributed by atoms with E-state index < -0.39 is 0 Å². The van der Waals surface area contributed by atoms with E-state index in [1.807, 2.05) is 25.1 Å². The van der Waals surface area contributed by atoms with Crippen LogP contribution in [0.4, 0.5) is 0 Å². The van der Waals surface area contributed by atoms with Gasteiger partial charge in [0.2, 0.25) is 0 Å². The van der Waals surface area contributed by atoms with Gasteiger partial charge in [-0.15, -0.1) is 0 Å². The molecule has 1 aromatic carbocycles. The fourth-order valence-electron chi connectivity index (χ4n) is 4.05. The number of aryl methyl sites for hydroxylation is 2. The maximum absolute atomic E-state index is 12.9. The van der Waals surface area contributed by atoms with Crippen LogP contribution in [0.25, 0.3) is 0 Å². The van der Waals surface area contributed by atoms with Crippen LogP contribution in [0, 0.1) is 19.8 Å². The van der Waals surface area contributed by atoms with E-state index in [0.717, 1.165) is 60.9 Å². The summed E-state index contributed by atoms with van der Waals surface area (Å²) in [6, 6.07) is 9.96. The van der Waals surface area contributed by atoms with Crippen LogP contribution in [0.2, 0.25) is 5.02 Å². The Morgan fingerprint density at radius 1 is 1.26 bits per heavy atom. The number of likely N-dealkylation sites (tertiary alicyclic amines) is 1. The van der Waals surface area contributed by atoms with Gasteiger partial charge >= 0.3 is 0 Å². The van der Waals surface area contributed by atoms with Gasteiger partial charge in [-0.3, -0.25) is 9.69 Å². The number of nitrogens with zero attached hydrogens (tertiary/aromatic N) is 2. The minimum Gasteiger partial charge on any atom is -0.396 e. The predicted molar refractivity (Wildman–Crippen MR) is 110 cm³/mol. The molecule has 1 N–H and O–H groups in total. The van der Waals surface area contributed by atoms with E-state index in [4.69, 9.17) is 11.6 Å². The second kappa shape index (κ2) is 9.05. The van der Waals surface area contributed by atoms with Crippen LogP contribution in [-0.2, 0) is 13.0 Å². The molecule has 27 heavy (non-hydrogen) atoms. The van der Waals surface area contributed by atoms with Gasteiger partial charge in [0.15, 0.2) is 5.78 Å². The molecular formula is C22H29ClN2O2. The average Bonchev–Trinajstić information content (AvgIpc) is 2.95. The van der Waals surface area contributed by atoms with Crippen molar-refractivity contribution < 1.29 is 9.90 Å². The molecule has 5 heteroatoms. The molecule has 2 aromatic rings. The minimum absolute atomic E-state index is 0.180. The van der Waals surface area contributed by atoms with E-state index in [-0.39, 0.29) is 12.4 Å². The first kappa shape index (κ1) is 20.1. The number of benzene rings is 1. The van der Waals surface area contributed by atoms with Crippen molar-refractivity contribution >= 4 is 17.4 Å². The van der Waals surface area contributed by atoms with E-state index in [2.05, 4.69) is 28.5 Å². The lowest BCUT2D eigenvalue weighted by molar-refractivity contribution is 0.0833. The SMILES string of the molecule is Cc1cc(C(=O)CN2CCCC(CO)C2)c(C)n1CCc1ccc(Cl)cc1. The maximum atomic E-state index is 12.9. The number of aliphatic hydroxyl groups is 1. The van der Waals surface area contributed by atoms with Crippen LogP contribution in [-0.4, -0.2) is 46.6 Å². The van der Waals surface area contributed by atoms with Gasteiger partial charge in [0.1, 0.15) is 0 Å². The summed E-state index contributed by atoms with van der Waals surface area (Å²) in [6.45, 7) is 7.36. The van der Waals surface area contributed by atoms with Gasteiger partial charge in [-0.25, -0.2) is 0 Å². The Hall–Kier alpha value is -1.62. The number of Topliss-reactive ketones (excluding diaryl/α,β-unsaturated/α-hetero) is 1. The van der Waals surface area contributed by atoms with Gasteiger partial charge in [-0.2, -0.15) is 0 Å². The topological polar surface area (TPSA) is 45.5 Å². The predicted octanol–water partition coefficient (Wildman–Crippen LogP) is 3.89. The van der Waals surface area contributed by atoms with E-state index in [1.165, 1.54) is 5.56 Å². The summed E-state index contributed by atoms with van der Waals surface area (Å²) >= 11 is 5.96. The van der Waals surface area contributed by atoms with Gasteiger partial charge in [-0.05, 0) is 69.3 Å². The van der Waals surface area contributed by atoms with Gasteiger partial charge in [-0.1, -0.05) is 23.7 Å². The fraction of sp³-hybridized carbons (Fsp3) is 0.500. The first-order chi connectivity index (χ1) is 13.0. The number of hydrogen-bond donors (Lipinski definition) is 1. The first-order valence-corrected chi connectivity index (χ1v) is 10.1. The van der Waals surface area contributed by atoms with Crippen LogP contribution < -0.4 is 0 Å². The van der Waals surface area contributed by atoms with Crippen LogP contribution >= 0.6 is 11.6 Å². The lowest BCUT2D eigenvalue weighted by atomic mass is 9.98. The van der Waals surface area contributed by atoms with Crippen LogP contribution in [0.1, 0.15) is 40.2 Å². The summed E-state index contributed by atoms with van der Waals surface area (Å²) in [5, 5.41) is 10.1. The molecule has 1 aliphatic heterocycles. The lowest BCUT2D eigenvalue weighted by Gasteiger charge is -2.31. The number of aromatic nitrogens is 1. The highest BCUT2D eigenvalue weighted by atomic mass is 35.5. The number of ketones is 1. The number of carbonyl (C=O) groups excluding carboxylic acids is 1. The largest absolute Gasteiger partial charge is 0.396 e. The number of piperidine rings is 1. The molecule has 1 saturated heterocycles. The van der Waals surface area contributed by atoms with Gasteiger partial charge in [0.25, 0.3) is 0 Å². The van der Waals surface area contributed by atoms with Crippen molar-refractivity contribution in [2.24, 2.45) is 5.92 Å². The van der Waals surface area contributed by atoms with Crippen molar-refractivity contribution in [2.45, 2.75) is 39.7 Å². The quantitative estimate of drug-likeness (QED) is 0.732. The van der Waals surface area contributed by atoms with Gasteiger partial charge < -0.3 is 9.67 Å². The molecule has 146 valence electrons. The van der Waals surface area contributed by atoms with Crippen molar-refractivity contribution in [2.75, 3.05) is 26.2 Å². The summed E-state index contributed by atoms with van der Waals surface area (Å²) in [5.41, 5.74) is 4.23. The molecule has 1 unspecified atom stereocenters. The molecule has 3 rings (SSSR count). The zero-order valence-electron chi connectivity index (χ0n) is 16.2. The number of aliphatic hydroxyl groups excluding tert-OH is 1. The van der Waals surface area contributed by atoms with Crippen molar-refractivity contribution in [1.29, 1.82) is 0 Å². The Balaban J connectivity index is 1.65. The monoisotopic (exact) mass is 388 g/mol. The van der Waals surface area contributed by atoms with E-state index in [1.54, 1.807) is 0 Å². The number of carbonyl (C=O) groups is 1. The average molecular weight is 389 g/mol. The van der Waals surface area contributed by atoms with E-state index in [0.29, 0.717) is 12.5 Å². The summed E-state index contributed by atoms with van der Waals surface area (Å²) in [4.78, 5) is 15.1. The third kappa shape index (κ3) is 5.01. The Bertz CT molecular complexity index is 782. The Kier molecular flexibility index (Phi) is 6.74. The highest BCUT2D eigenvalue weighted by molar-refractivity contribution is 6.30. The van der Waals surface area contributed by atoms with E-state index >= 15 is 0 Å². The summed E-state index contributed by atoms with van der Waals surface area (Å²) in [6.07, 6.45) is 3.02. The standard InChI is InChI=1S/C22H29ClN2O2/c1-16-12-21(22(27)14-24-10-3-4-19(13-24)15-26)17(2)25(16)11-9-18-5-7-20(23)8-6-18/h5-8,12,19,26H,3-4,9-11,13-15H2,1-2H3. The lowest BCUT2D eigenvalue weighted by Crippen LogP contribution is -2.39. The summed E-state index contributed by atoms with van der Waals surface area (Å²) in [7, 11) is 0. The van der Waals surface area contributed by atoms with Crippen LogP contribution in [0.3, 0.4) is 0 Å². The Morgan fingerprint density at radius 3 is 2.70 bits per heavy atom. The highest BCUT2D eigenvalue weighted by Crippen LogP contribution is 2.20. The second-order valence-electron chi connectivity index (χ2n) is 7.66. The number of hydrogen-bond acceptors (Lipinski definition) is 3. The molecule has 0 spiro atoms. The normalized spacial score (nSPS) is 18.0. The third-order valence-corrected chi connectivity index (χ3v) is 5.89. The van der Waals surface area contributed by atoms with Gasteiger partial charge in [0.05, 0.1) is 6.54 Å². The summed E-state index contributed by atoms with van der Waals surface area (Å²) in [5.74, 6) is 0.484. The number of halogens is 1. The van der Waals surface area contributed by atoms with Crippen molar-refractivity contribution in [3.8, 4) is 0 Å². The fourth-order valence-corrected chi connectivity index (χ4v) is 4.18.